The predicted octanol–water partition coefficient (Wildman–Crippen LogP) is 3.63. The number of nitrogens with zero attached hydrogens (tertiary/aromatic N) is 2. The number of rotatable bonds is 3. The van der Waals surface area contributed by atoms with E-state index in [4.69, 9.17) is 11.6 Å². The molecule has 3 rings (SSSR count). The highest BCUT2D eigenvalue weighted by atomic mass is 35.5. The van der Waals surface area contributed by atoms with Crippen molar-refractivity contribution in [3.8, 4) is 5.69 Å². The molecule has 1 aromatic carbocycles. The summed E-state index contributed by atoms with van der Waals surface area (Å²) in [6, 6.07) is 6.39. The van der Waals surface area contributed by atoms with E-state index in [9.17, 15) is 4.39 Å². The van der Waals surface area contributed by atoms with Crippen LogP contribution in [-0.4, -0.2) is 9.78 Å². The first kappa shape index (κ1) is 10.8. The number of aromatic nitrogens is 2. The molecule has 0 amide bonds. The van der Waals surface area contributed by atoms with Gasteiger partial charge in [-0.1, -0.05) is 0 Å². The summed E-state index contributed by atoms with van der Waals surface area (Å²) in [5.74, 6) is 0.815. The molecular weight excluding hydrogens is 239 g/mol. The van der Waals surface area contributed by atoms with Crippen molar-refractivity contribution in [3.05, 3.63) is 47.5 Å². The summed E-state index contributed by atoms with van der Waals surface area (Å²) in [6.07, 6.45) is 4.19. The molecule has 0 saturated heterocycles. The van der Waals surface area contributed by atoms with Gasteiger partial charge in [0.15, 0.2) is 0 Å². The summed E-state index contributed by atoms with van der Waals surface area (Å²) in [7, 11) is 0. The maximum Gasteiger partial charge on any atom is 0.123 e. The SMILES string of the molecule is Fc1ccc(-n2ncc(CCl)c2C2CC2)cc1. The van der Waals surface area contributed by atoms with Gasteiger partial charge >= 0.3 is 0 Å². The van der Waals surface area contributed by atoms with Crippen LogP contribution in [0.2, 0.25) is 0 Å². The van der Waals surface area contributed by atoms with Crippen molar-refractivity contribution in [2.75, 3.05) is 0 Å². The zero-order chi connectivity index (χ0) is 11.8. The number of alkyl halides is 1. The topological polar surface area (TPSA) is 17.8 Å². The van der Waals surface area contributed by atoms with Gasteiger partial charge < -0.3 is 0 Å². The third-order valence-electron chi connectivity index (χ3n) is 3.07. The standard InChI is InChI=1S/C13H12ClFN2/c14-7-10-8-16-17(13(10)9-1-2-9)12-5-3-11(15)4-6-12/h3-6,8-9H,1-2,7H2. The number of benzene rings is 1. The first-order chi connectivity index (χ1) is 8.29. The Hall–Kier alpha value is -1.35. The molecular formula is C13H12ClFN2. The molecule has 4 heteroatoms. The summed E-state index contributed by atoms with van der Waals surface area (Å²) in [4.78, 5) is 0. The molecule has 1 aromatic heterocycles. The van der Waals surface area contributed by atoms with E-state index >= 15 is 0 Å². The Labute approximate surface area is 104 Å². The smallest absolute Gasteiger partial charge is 0.123 e. The lowest BCUT2D eigenvalue weighted by molar-refractivity contribution is 0.626. The second-order valence-electron chi connectivity index (χ2n) is 4.35. The van der Waals surface area contributed by atoms with Crippen LogP contribution in [0.1, 0.15) is 30.0 Å². The van der Waals surface area contributed by atoms with Gasteiger partial charge in [0.05, 0.1) is 23.5 Å². The van der Waals surface area contributed by atoms with Gasteiger partial charge in [0.1, 0.15) is 5.82 Å². The lowest BCUT2D eigenvalue weighted by Crippen LogP contribution is -2.02. The van der Waals surface area contributed by atoms with E-state index in [1.54, 1.807) is 12.1 Å². The van der Waals surface area contributed by atoms with Crippen molar-refractivity contribution < 1.29 is 4.39 Å². The van der Waals surface area contributed by atoms with Crippen LogP contribution in [0, 0.1) is 5.82 Å². The van der Waals surface area contributed by atoms with Gasteiger partial charge in [0.25, 0.3) is 0 Å². The summed E-state index contributed by atoms with van der Waals surface area (Å²) in [5, 5.41) is 4.36. The fraction of sp³-hybridized carbons (Fsp3) is 0.308. The van der Waals surface area contributed by atoms with Crippen LogP contribution in [0.25, 0.3) is 5.69 Å². The van der Waals surface area contributed by atoms with Crippen molar-refractivity contribution in [2.24, 2.45) is 0 Å². The van der Waals surface area contributed by atoms with Crippen molar-refractivity contribution in [1.29, 1.82) is 0 Å². The van der Waals surface area contributed by atoms with E-state index in [1.807, 2.05) is 10.9 Å². The average molecular weight is 251 g/mol. The van der Waals surface area contributed by atoms with Gasteiger partial charge in [-0.15, -0.1) is 11.6 Å². The Bertz CT molecular complexity index is 529. The third kappa shape index (κ3) is 1.95. The Morgan fingerprint density at radius 3 is 2.59 bits per heavy atom. The van der Waals surface area contributed by atoms with E-state index in [2.05, 4.69) is 5.10 Å². The quantitative estimate of drug-likeness (QED) is 0.761. The monoisotopic (exact) mass is 250 g/mol. The molecule has 1 aliphatic rings. The first-order valence-corrected chi connectivity index (χ1v) is 6.21. The van der Waals surface area contributed by atoms with E-state index in [0.29, 0.717) is 11.8 Å². The third-order valence-corrected chi connectivity index (χ3v) is 3.35. The lowest BCUT2D eigenvalue weighted by atomic mass is 10.2. The highest BCUT2D eigenvalue weighted by molar-refractivity contribution is 6.17. The predicted molar refractivity (Wildman–Crippen MR) is 65.1 cm³/mol. The molecule has 0 radical (unpaired) electrons. The minimum atomic E-state index is -0.230. The van der Waals surface area contributed by atoms with Gasteiger partial charge in [-0.25, -0.2) is 9.07 Å². The molecule has 0 N–H and O–H groups in total. The molecule has 0 atom stereocenters. The van der Waals surface area contributed by atoms with Crippen LogP contribution in [0.5, 0.6) is 0 Å². The van der Waals surface area contributed by atoms with Gasteiger partial charge in [-0.05, 0) is 37.1 Å². The zero-order valence-electron chi connectivity index (χ0n) is 9.24. The molecule has 1 heterocycles. The Morgan fingerprint density at radius 2 is 2.00 bits per heavy atom. The molecule has 88 valence electrons. The Kier molecular flexibility index (Phi) is 2.63. The molecule has 2 nitrogen and oxygen atoms in total. The van der Waals surface area contributed by atoms with Crippen molar-refractivity contribution in [3.63, 3.8) is 0 Å². The van der Waals surface area contributed by atoms with Gasteiger partial charge in [-0.2, -0.15) is 5.10 Å². The summed E-state index contributed by atoms with van der Waals surface area (Å²) in [6.45, 7) is 0. The number of halogens is 2. The summed E-state index contributed by atoms with van der Waals surface area (Å²) >= 11 is 5.92. The van der Waals surface area contributed by atoms with Gasteiger partial charge in [0.2, 0.25) is 0 Å². The van der Waals surface area contributed by atoms with Crippen LogP contribution in [0.15, 0.2) is 30.5 Å². The summed E-state index contributed by atoms with van der Waals surface area (Å²) < 4.78 is 14.8. The van der Waals surface area contributed by atoms with Crippen molar-refractivity contribution in [1.82, 2.24) is 9.78 Å². The molecule has 1 aliphatic carbocycles. The fourth-order valence-corrected chi connectivity index (χ4v) is 2.28. The maximum absolute atomic E-state index is 12.9. The Balaban J connectivity index is 2.07. The van der Waals surface area contributed by atoms with Crippen LogP contribution < -0.4 is 0 Å². The fourth-order valence-electron chi connectivity index (χ4n) is 2.07. The van der Waals surface area contributed by atoms with E-state index in [-0.39, 0.29) is 5.82 Å². The minimum Gasteiger partial charge on any atom is -0.237 e. The number of hydrogen-bond donors (Lipinski definition) is 0. The number of hydrogen-bond acceptors (Lipinski definition) is 1. The normalized spacial score (nSPS) is 15.2. The average Bonchev–Trinajstić information content (AvgIpc) is 3.10. The van der Waals surface area contributed by atoms with Gasteiger partial charge in [0, 0.05) is 11.5 Å². The van der Waals surface area contributed by atoms with Crippen molar-refractivity contribution >= 4 is 11.6 Å². The van der Waals surface area contributed by atoms with E-state index in [0.717, 1.165) is 11.3 Å². The Morgan fingerprint density at radius 1 is 1.29 bits per heavy atom. The van der Waals surface area contributed by atoms with Gasteiger partial charge in [-0.3, -0.25) is 0 Å². The van der Waals surface area contributed by atoms with Crippen LogP contribution in [0.3, 0.4) is 0 Å². The molecule has 1 fully saturated rings. The lowest BCUT2D eigenvalue weighted by Gasteiger charge is -2.07. The van der Waals surface area contributed by atoms with Crippen LogP contribution in [-0.2, 0) is 5.88 Å². The maximum atomic E-state index is 12.9. The molecule has 0 spiro atoms. The molecule has 0 unspecified atom stereocenters. The van der Waals surface area contributed by atoms with Crippen LogP contribution in [0.4, 0.5) is 4.39 Å². The van der Waals surface area contributed by atoms with Crippen LogP contribution >= 0.6 is 11.6 Å². The molecule has 2 aromatic rings. The van der Waals surface area contributed by atoms with E-state index < -0.39 is 0 Å². The zero-order valence-corrected chi connectivity index (χ0v) is 9.99. The molecule has 0 aliphatic heterocycles. The minimum absolute atomic E-state index is 0.230. The molecule has 1 saturated carbocycles. The molecule has 17 heavy (non-hydrogen) atoms. The largest absolute Gasteiger partial charge is 0.237 e. The summed E-state index contributed by atoms with van der Waals surface area (Å²) in [5.41, 5.74) is 3.16. The van der Waals surface area contributed by atoms with E-state index in [1.165, 1.54) is 30.7 Å². The second-order valence-corrected chi connectivity index (χ2v) is 4.62. The van der Waals surface area contributed by atoms with Crippen molar-refractivity contribution in [2.45, 2.75) is 24.6 Å². The molecule has 0 bridgehead atoms. The highest BCUT2D eigenvalue weighted by Gasteiger charge is 2.30. The first-order valence-electron chi connectivity index (χ1n) is 5.68. The highest BCUT2D eigenvalue weighted by Crippen LogP contribution is 2.42. The second kappa shape index (κ2) is 4.15.